The molecule has 162 valence electrons. The van der Waals surface area contributed by atoms with E-state index in [1.54, 1.807) is 0 Å². The van der Waals surface area contributed by atoms with E-state index in [1.165, 1.54) is 47.8 Å². The minimum atomic E-state index is 0.937. The number of rotatable bonds is 8. The zero-order chi connectivity index (χ0) is 21.9. The lowest BCUT2D eigenvalue weighted by atomic mass is 10.3. The standard InChI is InChI=1S/C27H31N5/c1-3-5-18-29-20-31(24-14-9-7-12-22(24)29)26-16-11-17-27(28-26)32-21-30(19-6-4-2)23-13-8-10-15-25(23)32/h7-17,20-21H,3-6,18-19H2,1-2H3/q+2. The number of pyridine rings is 1. The number of hydrogen-bond acceptors (Lipinski definition) is 1. The van der Waals surface area contributed by atoms with E-state index >= 15 is 0 Å². The largest absolute Gasteiger partial charge is 0.251 e. The summed E-state index contributed by atoms with van der Waals surface area (Å²) in [7, 11) is 0. The molecule has 0 saturated carbocycles. The summed E-state index contributed by atoms with van der Waals surface area (Å²) < 4.78 is 9.12. The zero-order valence-electron chi connectivity index (χ0n) is 19.0. The predicted molar refractivity (Wildman–Crippen MR) is 128 cm³/mol. The second kappa shape index (κ2) is 8.95. The summed E-state index contributed by atoms with van der Waals surface area (Å²) in [6.45, 7) is 6.50. The molecule has 0 aliphatic carbocycles. The highest BCUT2D eigenvalue weighted by Gasteiger charge is 2.21. The Hall–Kier alpha value is -3.47. The molecule has 0 N–H and O–H groups in total. The first kappa shape index (κ1) is 20.4. The molecule has 5 nitrogen and oxygen atoms in total. The van der Waals surface area contributed by atoms with Gasteiger partial charge in [-0.25, -0.2) is 9.13 Å². The van der Waals surface area contributed by atoms with E-state index in [-0.39, 0.29) is 0 Å². The van der Waals surface area contributed by atoms with Crippen LogP contribution in [0.2, 0.25) is 0 Å². The van der Waals surface area contributed by atoms with Crippen molar-refractivity contribution >= 4 is 22.1 Å². The number of imidazole rings is 2. The summed E-state index contributed by atoms with van der Waals surface area (Å²) >= 11 is 0. The molecule has 0 amide bonds. The van der Waals surface area contributed by atoms with Gasteiger partial charge in [0.05, 0.1) is 13.1 Å². The Morgan fingerprint density at radius 3 is 1.56 bits per heavy atom. The summed E-state index contributed by atoms with van der Waals surface area (Å²) in [5.74, 6) is 1.87. The first-order valence-corrected chi connectivity index (χ1v) is 11.8. The monoisotopic (exact) mass is 425 g/mol. The van der Waals surface area contributed by atoms with E-state index in [9.17, 15) is 0 Å². The molecular formula is C27H31N5+2. The number of fused-ring (bicyclic) bond motifs is 2. The maximum absolute atomic E-state index is 5.10. The Morgan fingerprint density at radius 1 is 0.625 bits per heavy atom. The average molecular weight is 426 g/mol. The summed E-state index contributed by atoms with van der Waals surface area (Å²) in [5, 5.41) is 0. The molecule has 5 rings (SSSR count). The van der Waals surface area contributed by atoms with Gasteiger partial charge in [-0.05, 0) is 37.1 Å². The Bertz CT molecular complexity index is 1260. The zero-order valence-corrected chi connectivity index (χ0v) is 19.0. The van der Waals surface area contributed by atoms with Crippen molar-refractivity contribution in [1.82, 2.24) is 14.1 Å². The van der Waals surface area contributed by atoms with E-state index in [1.807, 2.05) is 0 Å². The fourth-order valence-corrected chi connectivity index (χ4v) is 4.41. The van der Waals surface area contributed by atoms with E-state index < -0.39 is 0 Å². The number of nitrogens with zero attached hydrogens (tertiary/aromatic N) is 5. The third kappa shape index (κ3) is 3.68. The smallest absolute Gasteiger partial charge is 0.229 e. The Morgan fingerprint density at radius 2 is 1.09 bits per heavy atom. The molecule has 5 heteroatoms. The van der Waals surface area contributed by atoms with Gasteiger partial charge >= 0.3 is 0 Å². The first-order chi connectivity index (χ1) is 15.8. The number of unbranched alkanes of at least 4 members (excludes halogenated alkanes) is 2. The van der Waals surface area contributed by atoms with Gasteiger partial charge in [0, 0.05) is 12.1 Å². The maximum Gasteiger partial charge on any atom is 0.251 e. The van der Waals surface area contributed by atoms with Crippen LogP contribution in [0.4, 0.5) is 0 Å². The highest BCUT2D eigenvalue weighted by atomic mass is 15.2. The van der Waals surface area contributed by atoms with Gasteiger partial charge in [-0.2, -0.15) is 14.1 Å². The van der Waals surface area contributed by atoms with Crippen molar-refractivity contribution in [2.75, 3.05) is 0 Å². The quantitative estimate of drug-likeness (QED) is 0.317. The molecule has 0 radical (unpaired) electrons. The minimum absolute atomic E-state index is 0.937. The van der Waals surface area contributed by atoms with Crippen LogP contribution in [0.3, 0.4) is 0 Å². The first-order valence-electron chi connectivity index (χ1n) is 11.8. The molecule has 0 atom stereocenters. The summed E-state index contributed by atoms with van der Waals surface area (Å²) in [5.41, 5.74) is 4.86. The van der Waals surface area contributed by atoms with Gasteiger partial charge < -0.3 is 0 Å². The average Bonchev–Trinajstić information content (AvgIpc) is 3.40. The Labute approximate surface area is 189 Å². The fourth-order valence-electron chi connectivity index (χ4n) is 4.41. The second-order valence-corrected chi connectivity index (χ2v) is 8.40. The normalized spacial score (nSPS) is 11.6. The van der Waals surface area contributed by atoms with Crippen LogP contribution in [-0.2, 0) is 13.1 Å². The number of para-hydroxylation sites is 4. The molecule has 0 bridgehead atoms. The van der Waals surface area contributed by atoms with E-state index in [2.05, 4.69) is 112 Å². The Balaban J connectivity index is 1.61. The third-order valence-corrected chi connectivity index (χ3v) is 6.13. The van der Waals surface area contributed by atoms with Gasteiger partial charge in [0.2, 0.25) is 11.6 Å². The van der Waals surface area contributed by atoms with Gasteiger partial charge in [0.1, 0.15) is 0 Å². The molecule has 2 aromatic carbocycles. The fraction of sp³-hybridized carbons (Fsp3) is 0.296. The number of hydrogen-bond donors (Lipinski definition) is 0. The van der Waals surface area contributed by atoms with Gasteiger partial charge in [-0.1, -0.05) is 57.0 Å². The molecule has 0 spiro atoms. The second-order valence-electron chi connectivity index (χ2n) is 8.40. The van der Waals surface area contributed by atoms with Crippen molar-refractivity contribution in [3.05, 3.63) is 79.4 Å². The lowest BCUT2D eigenvalue weighted by Gasteiger charge is -2.00. The predicted octanol–water partition coefficient (Wildman–Crippen LogP) is 5.14. The van der Waals surface area contributed by atoms with Crippen molar-refractivity contribution in [3.8, 4) is 11.6 Å². The van der Waals surface area contributed by atoms with Gasteiger partial charge in [-0.3, -0.25) is 0 Å². The van der Waals surface area contributed by atoms with Crippen molar-refractivity contribution in [2.24, 2.45) is 0 Å². The van der Waals surface area contributed by atoms with Gasteiger partial charge in [-0.15, -0.1) is 0 Å². The number of aryl methyl sites for hydroxylation is 2. The van der Waals surface area contributed by atoms with E-state index in [0.717, 1.165) is 24.7 Å². The van der Waals surface area contributed by atoms with Crippen LogP contribution >= 0.6 is 0 Å². The lowest BCUT2D eigenvalue weighted by molar-refractivity contribution is -0.672. The van der Waals surface area contributed by atoms with E-state index in [0.29, 0.717) is 0 Å². The van der Waals surface area contributed by atoms with Crippen LogP contribution in [-0.4, -0.2) is 14.1 Å². The minimum Gasteiger partial charge on any atom is -0.229 e. The van der Waals surface area contributed by atoms with Crippen LogP contribution in [0.25, 0.3) is 33.7 Å². The molecule has 5 aromatic rings. The maximum atomic E-state index is 5.10. The number of benzene rings is 2. The van der Waals surface area contributed by atoms with Gasteiger partial charge in [0.15, 0.2) is 22.1 Å². The summed E-state index contributed by atoms with van der Waals surface area (Å²) in [6, 6.07) is 23.5. The molecule has 0 saturated heterocycles. The van der Waals surface area contributed by atoms with Gasteiger partial charge in [0.25, 0.3) is 12.7 Å². The topological polar surface area (TPSA) is 30.5 Å². The molecule has 0 fully saturated rings. The van der Waals surface area contributed by atoms with Crippen LogP contribution < -0.4 is 9.13 Å². The molecule has 3 aromatic heterocycles. The van der Waals surface area contributed by atoms with Crippen molar-refractivity contribution in [1.29, 1.82) is 0 Å². The highest BCUT2D eigenvalue weighted by molar-refractivity contribution is 5.75. The molecule has 32 heavy (non-hydrogen) atoms. The van der Waals surface area contributed by atoms with Crippen LogP contribution in [0.5, 0.6) is 0 Å². The summed E-state index contributed by atoms with van der Waals surface area (Å²) in [6.07, 6.45) is 9.08. The van der Waals surface area contributed by atoms with E-state index in [4.69, 9.17) is 4.98 Å². The molecule has 0 aliphatic rings. The van der Waals surface area contributed by atoms with Crippen LogP contribution in [0.1, 0.15) is 39.5 Å². The molecule has 0 aliphatic heterocycles. The molecule has 0 unspecified atom stereocenters. The van der Waals surface area contributed by atoms with Crippen LogP contribution in [0, 0.1) is 0 Å². The molecular weight excluding hydrogens is 394 g/mol. The molecule has 3 heterocycles. The SMILES string of the molecule is CCCC[n+]1cn(-c2cccc(-n3c[n+](CCCC)c4ccccc43)n2)c2ccccc21. The van der Waals surface area contributed by atoms with Crippen molar-refractivity contribution in [2.45, 2.75) is 52.6 Å². The third-order valence-electron chi connectivity index (χ3n) is 6.13. The van der Waals surface area contributed by atoms with Crippen molar-refractivity contribution in [3.63, 3.8) is 0 Å². The Kier molecular flexibility index (Phi) is 5.71. The number of aromatic nitrogens is 5. The summed E-state index contributed by atoms with van der Waals surface area (Å²) in [4.78, 5) is 5.10. The van der Waals surface area contributed by atoms with Crippen LogP contribution in [0.15, 0.2) is 79.4 Å². The lowest BCUT2D eigenvalue weighted by Crippen LogP contribution is -2.32. The van der Waals surface area contributed by atoms with Crippen molar-refractivity contribution < 1.29 is 9.13 Å². The highest BCUT2D eigenvalue weighted by Crippen LogP contribution is 2.20.